The zero-order chi connectivity index (χ0) is 6.97. The summed E-state index contributed by atoms with van der Waals surface area (Å²) in [5.74, 6) is 0. The summed E-state index contributed by atoms with van der Waals surface area (Å²) in [5, 5.41) is 10.5. The molecule has 1 aliphatic rings. The van der Waals surface area contributed by atoms with E-state index in [0.717, 1.165) is 19.5 Å². The van der Waals surface area contributed by atoms with Gasteiger partial charge >= 0.3 is 0 Å². The lowest BCUT2D eigenvalue weighted by atomic mass is 9.95. The molecule has 10 heavy (non-hydrogen) atoms. The van der Waals surface area contributed by atoms with Crippen molar-refractivity contribution in [1.82, 2.24) is 15.5 Å². The zero-order valence-corrected chi connectivity index (χ0v) is 6.07. The highest BCUT2D eigenvalue weighted by Crippen LogP contribution is 2.05. The normalized spacial score (nSPS) is 16.8. The lowest BCUT2D eigenvalue weighted by Gasteiger charge is -2.11. The van der Waals surface area contributed by atoms with Crippen molar-refractivity contribution in [2.45, 2.75) is 13.0 Å². The van der Waals surface area contributed by atoms with Crippen molar-refractivity contribution in [2.75, 3.05) is 6.54 Å². The van der Waals surface area contributed by atoms with Gasteiger partial charge in [0.05, 0.1) is 5.69 Å². The predicted octanol–water partition coefficient (Wildman–Crippen LogP) is -1.69. The highest BCUT2D eigenvalue weighted by molar-refractivity contribution is 6.31. The molecule has 0 aromatic carbocycles. The van der Waals surface area contributed by atoms with Crippen molar-refractivity contribution in [3.8, 4) is 0 Å². The third kappa shape index (κ3) is 0.760. The fourth-order valence-electron chi connectivity index (χ4n) is 1.36. The molecule has 0 saturated carbocycles. The van der Waals surface area contributed by atoms with Crippen LogP contribution in [0.25, 0.3) is 0 Å². The monoisotopic (exact) mass is 135 g/mol. The van der Waals surface area contributed by atoms with Gasteiger partial charge in [-0.25, -0.2) is 0 Å². The quantitative estimate of drug-likeness (QED) is 0.417. The topological polar surface area (TPSA) is 40.7 Å². The average molecular weight is 135 g/mol. The second kappa shape index (κ2) is 2.13. The molecule has 3 nitrogen and oxygen atoms in total. The van der Waals surface area contributed by atoms with E-state index in [0.29, 0.717) is 0 Å². The highest BCUT2D eigenvalue weighted by atomic mass is 15.1. The molecule has 0 fully saturated rings. The van der Waals surface area contributed by atoms with Crippen LogP contribution in [0.3, 0.4) is 0 Å². The number of aromatic amines is 1. The van der Waals surface area contributed by atoms with Gasteiger partial charge in [-0.1, -0.05) is 0 Å². The molecule has 2 heterocycles. The summed E-state index contributed by atoms with van der Waals surface area (Å²) in [6, 6.07) is 0. The molecule has 0 radical (unpaired) electrons. The maximum atomic E-state index is 4.19. The molecule has 1 aromatic rings. The Hall–Kier alpha value is -0.765. The van der Waals surface area contributed by atoms with Gasteiger partial charge in [0.1, 0.15) is 0 Å². The van der Waals surface area contributed by atoms with Gasteiger partial charge in [0.2, 0.25) is 0 Å². The van der Waals surface area contributed by atoms with E-state index < -0.39 is 0 Å². The van der Waals surface area contributed by atoms with Gasteiger partial charge in [0.15, 0.2) is 7.85 Å². The van der Waals surface area contributed by atoms with Gasteiger partial charge in [-0.05, 0) is 11.2 Å². The minimum atomic E-state index is 0.984. The number of hydrogen-bond donors (Lipinski definition) is 2. The van der Waals surface area contributed by atoms with Crippen molar-refractivity contribution in [1.29, 1.82) is 0 Å². The summed E-state index contributed by atoms with van der Waals surface area (Å²) >= 11 is 0. The Labute approximate surface area is 60.6 Å². The van der Waals surface area contributed by atoms with Crippen LogP contribution in [0, 0.1) is 0 Å². The van der Waals surface area contributed by atoms with Crippen LogP contribution in [0.5, 0.6) is 0 Å². The fourth-order valence-corrected chi connectivity index (χ4v) is 1.36. The van der Waals surface area contributed by atoms with E-state index in [4.69, 9.17) is 0 Å². The number of aromatic nitrogens is 2. The van der Waals surface area contributed by atoms with E-state index in [1.165, 1.54) is 16.9 Å². The molecule has 52 valence electrons. The summed E-state index contributed by atoms with van der Waals surface area (Å²) in [6.07, 6.45) is 1.07. The Kier molecular flexibility index (Phi) is 1.27. The van der Waals surface area contributed by atoms with E-state index in [-0.39, 0.29) is 0 Å². The van der Waals surface area contributed by atoms with Gasteiger partial charge in [-0.3, -0.25) is 5.10 Å². The van der Waals surface area contributed by atoms with E-state index in [9.17, 15) is 0 Å². The molecule has 2 N–H and O–H groups in total. The molecule has 0 bridgehead atoms. The SMILES string of the molecule is Bc1[nH]nc2c1CNCC2. The predicted molar refractivity (Wildman–Crippen MR) is 42.2 cm³/mol. The van der Waals surface area contributed by atoms with Crippen molar-refractivity contribution in [2.24, 2.45) is 0 Å². The number of rotatable bonds is 0. The Balaban J connectivity index is 2.45. The smallest absolute Gasteiger partial charge is 0.163 e. The van der Waals surface area contributed by atoms with Crippen LogP contribution < -0.4 is 10.9 Å². The van der Waals surface area contributed by atoms with E-state index in [1.54, 1.807) is 0 Å². The van der Waals surface area contributed by atoms with Crippen molar-refractivity contribution in [3.63, 3.8) is 0 Å². The lowest BCUT2D eigenvalue weighted by Crippen LogP contribution is -2.26. The summed E-state index contributed by atoms with van der Waals surface area (Å²) < 4.78 is 0. The molecular weight excluding hydrogens is 125 g/mol. The average Bonchev–Trinajstić information content (AvgIpc) is 2.34. The molecule has 0 spiro atoms. The summed E-state index contributed by atoms with van der Waals surface area (Å²) in [5.41, 5.74) is 3.82. The van der Waals surface area contributed by atoms with Gasteiger partial charge in [0.25, 0.3) is 0 Å². The van der Waals surface area contributed by atoms with Crippen LogP contribution in [0.15, 0.2) is 0 Å². The van der Waals surface area contributed by atoms with Gasteiger partial charge in [-0.15, -0.1) is 0 Å². The standard InChI is InChI=1S/C6H10BN3/c7-6-4-3-8-2-1-5(4)9-10-6/h8H,1-3,7H2,(H,9,10). The second-order valence-corrected chi connectivity index (χ2v) is 2.70. The largest absolute Gasteiger partial charge is 0.312 e. The maximum absolute atomic E-state index is 4.19. The molecule has 0 saturated heterocycles. The Morgan fingerprint density at radius 1 is 1.50 bits per heavy atom. The van der Waals surface area contributed by atoms with Crippen LogP contribution in [0.1, 0.15) is 11.3 Å². The van der Waals surface area contributed by atoms with Gasteiger partial charge in [0, 0.05) is 19.5 Å². The summed E-state index contributed by atoms with van der Waals surface area (Å²) in [6.45, 7) is 2.05. The highest BCUT2D eigenvalue weighted by Gasteiger charge is 2.12. The van der Waals surface area contributed by atoms with Crippen molar-refractivity contribution >= 4 is 13.4 Å². The molecule has 4 heteroatoms. The zero-order valence-electron chi connectivity index (χ0n) is 6.07. The number of fused-ring (bicyclic) bond motifs is 1. The third-order valence-corrected chi connectivity index (χ3v) is 2.00. The van der Waals surface area contributed by atoms with Crippen molar-refractivity contribution in [3.05, 3.63) is 11.3 Å². The van der Waals surface area contributed by atoms with Crippen LogP contribution in [-0.4, -0.2) is 24.6 Å². The minimum Gasteiger partial charge on any atom is -0.312 e. The van der Waals surface area contributed by atoms with Crippen LogP contribution in [0.4, 0.5) is 0 Å². The van der Waals surface area contributed by atoms with Crippen LogP contribution >= 0.6 is 0 Å². The fraction of sp³-hybridized carbons (Fsp3) is 0.500. The Morgan fingerprint density at radius 2 is 2.40 bits per heavy atom. The first-order valence-electron chi connectivity index (χ1n) is 3.61. The molecule has 1 aliphatic heterocycles. The van der Waals surface area contributed by atoms with Crippen LogP contribution in [0.2, 0.25) is 0 Å². The third-order valence-electron chi connectivity index (χ3n) is 2.00. The molecular formula is C6H10BN3. The molecule has 0 amide bonds. The molecule has 0 aliphatic carbocycles. The van der Waals surface area contributed by atoms with Crippen LogP contribution in [-0.2, 0) is 13.0 Å². The Bertz CT molecular complexity index is 243. The summed E-state index contributed by atoms with van der Waals surface area (Å²) in [4.78, 5) is 0. The van der Waals surface area contributed by atoms with E-state index >= 15 is 0 Å². The first kappa shape index (κ1) is 5.98. The van der Waals surface area contributed by atoms with E-state index in [2.05, 4.69) is 23.4 Å². The maximum Gasteiger partial charge on any atom is 0.163 e. The first-order valence-corrected chi connectivity index (χ1v) is 3.61. The van der Waals surface area contributed by atoms with Crippen molar-refractivity contribution < 1.29 is 0 Å². The van der Waals surface area contributed by atoms with Gasteiger partial charge < -0.3 is 5.32 Å². The van der Waals surface area contributed by atoms with E-state index in [1.807, 2.05) is 0 Å². The molecule has 2 rings (SSSR count). The number of nitrogens with zero attached hydrogens (tertiary/aromatic N) is 1. The minimum absolute atomic E-state index is 0.984. The first-order chi connectivity index (χ1) is 4.88. The number of nitrogens with one attached hydrogen (secondary N) is 2. The second-order valence-electron chi connectivity index (χ2n) is 2.70. The Morgan fingerprint density at radius 3 is 3.20 bits per heavy atom. The summed E-state index contributed by atoms with van der Waals surface area (Å²) in [7, 11) is 2.07. The number of H-pyrrole nitrogens is 1. The van der Waals surface area contributed by atoms with Gasteiger partial charge in [-0.2, -0.15) is 5.10 Å². The lowest BCUT2D eigenvalue weighted by molar-refractivity contribution is 0.638. The molecule has 0 atom stereocenters. The number of hydrogen-bond acceptors (Lipinski definition) is 2. The molecule has 0 unspecified atom stereocenters. The molecule has 1 aromatic heterocycles.